The predicted octanol–water partition coefficient (Wildman–Crippen LogP) is 3.78. The molecule has 8 heteroatoms. The second kappa shape index (κ2) is 10.1. The van der Waals surface area contributed by atoms with Gasteiger partial charge in [-0.25, -0.2) is 4.39 Å². The molecule has 3 fully saturated rings. The monoisotopic (exact) mass is 480 g/mol. The number of rotatable bonds is 6. The van der Waals surface area contributed by atoms with E-state index in [-0.39, 0.29) is 5.82 Å². The van der Waals surface area contributed by atoms with Crippen molar-refractivity contribution >= 4 is 16.8 Å². The highest BCUT2D eigenvalue weighted by Crippen LogP contribution is 2.32. The van der Waals surface area contributed by atoms with Crippen LogP contribution >= 0.6 is 0 Å². The van der Waals surface area contributed by atoms with Gasteiger partial charge in [0.25, 0.3) is 0 Å². The molecule has 1 aromatic heterocycles. The SMILES string of the molecule is Fc1ccc2onc(N3CCN4C[C@H](COc5ccc(CN6CCOCC6)cc5)CC[C@@H]4C3)c2c1. The molecule has 4 heterocycles. The van der Waals surface area contributed by atoms with Crippen LogP contribution in [0.15, 0.2) is 47.0 Å². The Morgan fingerprint density at radius 1 is 0.971 bits per heavy atom. The molecule has 186 valence electrons. The fraction of sp³-hybridized carbons (Fsp3) is 0.519. The quantitative estimate of drug-likeness (QED) is 0.532. The van der Waals surface area contributed by atoms with Crippen molar-refractivity contribution in [1.29, 1.82) is 0 Å². The Morgan fingerprint density at radius 2 is 1.83 bits per heavy atom. The van der Waals surface area contributed by atoms with E-state index in [4.69, 9.17) is 14.0 Å². The van der Waals surface area contributed by atoms with E-state index in [1.807, 2.05) is 0 Å². The van der Waals surface area contributed by atoms with E-state index in [2.05, 4.69) is 44.1 Å². The lowest BCUT2D eigenvalue weighted by Gasteiger charge is -2.46. The van der Waals surface area contributed by atoms with Gasteiger partial charge in [0.2, 0.25) is 0 Å². The van der Waals surface area contributed by atoms with Crippen molar-refractivity contribution in [2.45, 2.75) is 25.4 Å². The summed E-state index contributed by atoms with van der Waals surface area (Å²) in [4.78, 5) is 7.27. The van der Waals surface area contributed by atoms with Crippen LogP contribution in [-0.2, 0) is 11.3 Å². The number of anilines is 1. The van der Waals surface area contributed by atoms with Crippen LogP contribution < -0.4 is 9.64 Å². The molecular formula is C27H33FN4O3. The third-order valence-corrected chi connectivity index (χ3v) is 7.64. The molecule has 0 aliphatic carbocycles. The number of hydrogen-bond acceptors (Lipinski definition) is 7. The van der Waals surface area contributed by atoms with Crippen molar-refractivity contribution in [1.82, 2.24) is 15.0 Å². The maximum Gasteiger partial charge on any atom is 0.180 e. The maximum absolute atomic E-state index is 13.8. The third kappa shape index (κ3) is 5.15. The summed E-state index contributed by atoms with van der Waals surface area (Å²) >= 11 is 0. The van der Waals surface area contributed by atoms with E-state index >= 15 is 0 Å². The molecule has 35 heavy (non-hydrogen) atoms. The van der Waals surface area contributed by atoms with Crippen LogP contribution in [0.4, 0.5) is 10.2 Å². The Bertz CT molecular complexity index is 1130. The zero-order valence-corrected chi connectivity index (χ0v) is 20.1. The average Bonchev–Trinajstić information content (AvgIpc) is 3.31. The molecule has 3 aliphatic rings. The van der Waals surface area contributed by atoms with Gasteiger partial charge in [0.05, 0.1) is 25.2 Å². The minimum absolute atomic E-state index is 0.257. The van der Waals surface area contributed by atoms with Crippen molar-refractivity contribution < 1.29 is 18.4 Å². The molecule has 3 aliphatic heterocycles. The second-order valence-corrected chi connectivity index (χ2v) is 10.0. The van der Waals surface area contributed by atoms with Gasteiger partial charge in [0, 0.05) is 57.8 Å². The molecule has 3 aromatic rings. The molecule has 0 saturated carbocycles. The zero-order valence-electron chi connectivity index (χ0n) is 20.1. The second-order valence-electron chi connectivity index (χ2n) is 10.0. The number of piperidine rings is 1. The normalized spacial score (nSPS) is 24.0. The lowest BCUT2D eigenvalue weighted by Crippen LogP contribution is -2.57. The van der Waals surface area contributed by atoms with Crippen LogP contribution in [0.3, 0.4) is 0 Å². The van der Waals surface area contributed by atoms with E-state index in [0.717, 1.165) is 95.4 Å². The number of nitrogens with zero attached hydrogens (tertiary/aromatic N) is 4. The summed E-state index contributed by atoms with van der Waals surface area (Å²) in [6.07, 6.45) is 2.28. The number of ether oxygens (including phenoxy) is 2. The van der Waals surface area contributed by atoms with Crippen LogP contribution in [0.2, 0.25) is 0 Å². The molecule has 2 atom stereocenters. The van der Waals surface area contributed by atoms with Gasteiger partial charge < -0.3 is 18.9 Å². The molecule has 2 aromatic carbocycles. The molecule has 6 rings (SSSR count). The van der Waals surface area contributed by atoms with Gasteiger partial charge in [0.15, 0.2) is 11.4 Å². The van der Waals surface area contributed by atoms with E-state index in [9.17, 15) is 4.39 Å². The molecule has 0 unspecified atom stereocenters. The summed E-state index contributed by atoms with van der Waals surface area (Å²) in [7, 11) is 0. The third-order valence-electron chi connectivity index (χ3n) is 7.64. The predicted molar refractivity (Wildman–Crippen MR) is 132 cm³/mol. The summed E-state index contributed by atoms with van der Waals surface area (Å²) in [5.41, 5.74) is 1.96. The highest BCUT2D eigenvalue weighted by Gasteiger charge is 2.34. The van der Waals surface area contributed by atoms with Gasteiger partial charge in [-0.05, 0) is 48.7 Å². The standard InChI is InChI=1S/C27H33FN4O3/c28-22-4-8-26-25(15-22)27(29-35-26)32-10-9-31-17-21(1-5-23(31)18-32)19-34-24-6-2-20(3-7-24)16-30-11-13-33-14-12-30/h2-4,6-8,15,21,23H,1,5,9-14,16-19H2/t21-,23-/m1/s1. The Labute approximate surface area is 205 Å². The number of fused-ring (bicyclic) bond motifs is 2. The van der Waals surface area contributed by atoms with Crippen molar-refractivity contribution in [3.63, 3.8) is 0 Å². The minimum atomic E-state index is -0.257. The van der Waals surface area contributed by atoms with Gasteiger partial charge in [-0.3, -0.25) is 9.80 Å². The topological polar surface area (TPSA) is 54.2 Å². The van der Waals surface area contributed by atoms with Crippen LogP contribution in [0.5, 0.6) is 5.75 Å². The van der Waals surface area contributed by atoms with Crippen LogP contribution in [-0.4, -0.2) is 80.1 Å². The van der Waals surface area contributed by atoms with Crippen LogP contribution in [0.1, 0.15) is 18.4 Å². The van der Waals surface area contributed by atoms with Gasteiger partial charge in [0.1, 0.15) is 11.6 Å². The Hall–Kier alpha value is -2.68. The molecule has 3 saturated heterocycles. The Balaban J connectivity index is 0.994. The lowest BCUT2D eigenvalue weighted by molar-refractivity contribution is 0.0342. The van der Waals surface area contributed by atoms with E-state index in [1.54, 1.807) is 6.07 Å². The first kappa shape index (κ1) is 22.8. The lowest BCUT2D eigenvalue weighted by atomic mass is 9.91. The highest BCUT2D eigenvalue weighted by molar-refractivity contribution is 5.88. The molecule has 0 radical (unpaired) electrons. The average molecular weight is 481 g/mol. The maximum atomic E-state index is 13.8. The van der Waals surface area contributed by atoms with Gasteiger partial charge in [-0.2, -0.15) is 0 Å². The minimum Gasteiger partial charge on any atom is -0.493 e. The van der Waals surface area contributed by atoms with Gasteiger partial charge in [-0.15, -0.1) is 0 Å². The number of benzene rings is 2. The molecule has 7 nitrogen and oxygen atoms in total. The zero-order chi connectivity index (χ0) is 23.6. The first-order valence-corrected chi connectivity index (χ1v) is 12.8. The number of piperazine rings is 1. The molecule has 0 amide bonds. The molecule has 0 bridgehead atoms. The highest BCUT2D eigenvalue weighted by atomic mass is 19.1. The summed E-state index contributed by atoms with van der Waals surface area (Å²) in [5, 5.41) is 5.01. The van der Waals surface area contributed by atoms with Gasteiger partial charge in [-0.1, -0.05) is 17.3 Å². The van der Waals surface area contributed by atoms with Gasteiger partial charge >= 0.3 is 0 Å². The molecule has 0 N–H and O–H groups in total. The number of halogens is 1. The van der Waals surface area contributed by atoms with E-state index in [0.29, 0.717) is 17.5 Å². The molecular weight excluding hydrogens is 447 g/mol. The summed E-state index contributed by atoms with van der Waals surface area (Å²) < 4.78 is 30.8. The van der Waals surface area contributed by atoms with Crippen molar-refractivity contribution in [3.05, 3.63) is 53.8 Å². The largest absolute Gasteiger partial charge is 0.493 e. The van der Waals surface area contributed by atoms with Crippen LogP contribution in [0.25, 0.3) is 11.0 Å². The van der Waals surface area contributed by atoms with Crippen molar-refractivity contribution in [3.8, 4) is 5.75 Å². The Morgan fingerprint density at radius 3 is 2.69 bits per heavy atom. The summed E-state index contributed by atoms with van der Waals surface area (Å²) in [6.45, 7) is 9.19. The Kier molecular flexibility index (Phi) is 6.59. The number of morpholine rings is 1. The fourth-order valence-corrected chi connectivity index (χ4v) is 5.64. The number of hydrogen-bond donors (Lipinski definition) is 0. The molecule has 0 spiro atoms. The first-order chi connectivity index (χ1) is 17.2. The van der Waals surface area contributed by atoms with E-state index < -0.39 is 0 Å². The van der Waals surface area contributed by atoms with Crippen molar-refractivity contribution in [2.75, 3.05) is 64.0 Å². The summed E-state index contributed by atoms with van der Waals surface area (Å²) in [6, 6.07) is 13.6. The van der Waals surface area contributed by atoms with E-state index in [1.165, 1.54) is 17.7 Å². The summed E-state index contributed by atoms with van der Waals surface area (Å²) in [5.74, 6) is 2.00. The van der Waals surface area contributed by atoms with Crippen molar-refractivity contribution in [2.24, 2.45) is 5.92 Å². The number of aromatic nitrogens is 1. The fourth-order valence-electron chi connectivity index (χ4n) is 5.64. The smallest absolute Gasteiger partial charge is 0.180 e. The van der Waals surface area contributed by atoms with Crippen LogP contribution in [0, 0.1) is 11.7 Å². The first-order valence-electron chi connectivity index (χ1n) is 12.8.